The van der Waals surface area contributed by atoms with E-state index in [4.69, 9.17) is 9.73 Å². The smallest absolute Gasteiger partial charge is 0.235 e. The highest BCUT2D eigenvalue weighted by Crippen LogP contribution is 2.48. The van der Waals surface area contributed by atoms with Gasteiger partial charge >= 0.3 is 0 Å². The molecule has 0 saturated carbocycles. The molecule has 5 rings (SSSR count). The first-order chi connectivity index (χ1) is 17.3. The highest BCUT2D eigenvalue weighted by molar-refractivity contribution is 6.13. The molecule has 1 aromatic heterocycles. The Balaban J connectivity index is 1.57. The molecule has 6 heteroatoms. The summed E-state index contributed by atoms with van der Waals surface area (Å²) in [6.45, 7) is 6.04. The summed E-state index contributed by atoms with van der Waals surface area (Å²) >= 11 is 0. The van der Waals surface area contributed by atoms with Gasteiger partial charge < -0.3 is 10.1 Å². The molecule has 2 atom stereocenters. The monoisotopic (exact) mass is 479 g/mol. The van der Waals surface area contributed by atoms with Crippen molar-refractivity contribution in [1.29, 1.82) is 0 Å². The quantitative estimate of drug-likeness (QED) is 0.464. The third-order valence-corrected chi connectivity index (χ3v) is 6.70. The lowest BCUT2D eigenvalue weighted by Crippen LogP contribution is -2.41. The summed E-state index contributed by atoms with van der Waals surface area (Å²) < 4.78 is 6.08. The molecule has 182 valence electrons. The minimum absolute atomic E-state index is 0.0486. The number of carbonyl (C=O) groups excluding carboxylic acids is 2. The molecule has 2 aromatic carbocycles. The third kappa shape index (κ3) is 4.85. The van der Waals surface area contributed by atoms with Gasteiger partial charge in [0, 0.05) is 35.5 Å². The van der Waals surface area contributed by atoms with Crippen LogP contribution in [-0.2, 0) is 9.59 Å². The summed E-state index contributed by atoms with van der Waals surface area (Å²) in [7, 11) is 0. The summed E-state index contributed by atoms with van der Waals surface area (Å²) in [5.41, 5.74) is 2.78. The molecular weight excluding hydrogens is 450 g/mol. The molecule has 36 heavy (non-hydrogen) atoms. The van der Waals surface area contributed by atoms with Crippen LogP contribution in [0.5, 0.6) is 11.5 Å². The van der Waals surface area contributed by atoms with Gasteiger partial charge in [-0.2, -0.15) is 0 Å². The highest BCUT2D eigenvalue weighted by atomic mass is 16.5. The van der Waals surface area contributed by atoms with Crippen LogP contribution >= 0.6 is 0 Å². The molecule has 2 heterocycles. The number of nitrogens with zero attached hydrogens (tertiary/aromatic N) is 2. The minimum atomic E-state index is -0.650. The van der Waals surface area contributed by atoms with Gasteiger partial charge in [-0.1, -0.05) is 50.2 Å². The number of nitrogens with one attached hydrogen (secondary N) is 1. The topological polar surface area (TPSA) is 80.6 Å². The summed E-state index contributed by atoms with van der Waals surface area (Å²) in [5, 5.41) is 2.93. The third-order valence-electron chi connectivity index (χ3n) is 6.70. The van der Waals surface area contributed by atoms with Gasteiger partial charge in [0.1, 0.15) is 17.3 Å². The predicted molar refractivity (Wildman–Crippen MR) is 140 cm³/mol. The number of rotatable bonds is 5. The van der Waals surface area contributed by atoms with Crippen LogP contribution in [0.25, 0.3) is 0 Å². The van der Waals surface area contributed by atoms with E-state index in [0.717, 1.165) is 17.0 Å². The molecule has 6 nitrogen and oxygen atoms in total. The van der Waals surface area contributed by atoms with E-state index in [0.29, 0.717) is 35.7 Å². The first-order valence-corrected chi connectivity index (χ1v) is 12.2. The van der Waals surface area contributed by atoms with Crippen LogP contribution in [0.3, 0.4) is 0 Å². The normalized spacial score (nSPS) is 20.9. The van der Waals surface area contributed by atoms with Crippen LogP contribution in [0.2, 0.25) is 0 Å². The van der Waals surface area contributed by atoms with Crippen molar-refractivity contribution in [3.63, 3.8) is 0 Å². The number of hydrogen-bond donors (Lipinski definition) is 1. The first-order valence-electron chi connectivity index (χ1n) is 12.2. The van der Waals surface area contributed by atoms with E-state index in [1.54, 1.807) is 18.3 Å². The average molecular weight is 480 g/mol. The van der Waals surface area contributed by atoms with Crippen LogP contribution in [0.15, 0.2) is 95.3 Å². The number of allylic oxidation sites excluding steroid dienone is 2. The highest BCUT2D eigenvalue weighted by Gasteiger charge is 2.45. The SMILES string of the molecule is CC1=NC2=C(C(=O)CC(C)(C)C2)[C@@H](c2cccc(Oc3ccccc3)c2)C1C(=O)Nc1ccccn1. The van der Waals surface area contributed by atoms with E-state index >= 15 is 0 Å². The zero-order valence-electron chi connectivity index (χ0n) is 20.7. The molecule has 2 aliphatic rings. The zero-order chi connectivity index (χ0) is 25.3. The van der Waals surface area contributed by atoms with Gasteiger partial charge in [-0.05, 0) is 60.7 Å². The van der Waals surface area contributed by atoms with Gasteiger partial charge in [-0.25, -0.2) is 4.98 Å². The molecule has 1 aliphatic carbocycles. The molecule has 3 aromatic rings. The number of amides is 1. The second kappa shape index (κ2) is 9.53. The molecule has 1 amide bonds. The number of hydrogen-bond acceptors (Lipinski definition) is 5. The number of benzene rings is 2. The molecular formula is C30H29N3O3. The van der Waals surface area contributed by atoms with E-state index in [-0.39, 0.29) is 17.1 Å². The lowest BCUT2D eigenvalue weighted by Gasteiger charge is -2.39. The summed E-state index contributed by atoms with van der Waals surface area (Å²) in [6.07, 6.45) is 2.75. The van der Waals surface area contributed by atoms with Crippen LogP contribution in [0.4, 0.5) is 5.82 Å². The van der Waals surface area contributed by atoms with Gasteiger partial charge in [0.2, 0.25) is 5.91 Å². The van der Waals surface area contributed by atoms with Crippen molar-refractivity contribution in [3.05, 3.63) is 95.8 Å². The Bertz CT molecular complexity index is 1360. The number of aliphatic imine (C=N–C) groups is 1. The lowest BCUT2D eigenvalue weighted by atomic mass is 9.66. The largest absolute Gasteiger partial charge is 0.457 e. The summed E-state index contributed by atoms with van der Waals surface area (Å²) in [6, 6.07) is 22.6. The number of ketones is 1. The minimum Gasteiger partial charge on any atom is -0.457 e. The molecule has 0 bridgehead atoms. The van der Waals surface area contributed by atoms with Crippen molar-refractivity contribution in [2.75, 3.05) is 5.32 Å². The van der Waals surface area contributed by atoms with Crippen molar-refractivity contribution in [3.8, 4) is 11.5 Å². The zero-order valence-corrected chi connectivity index (χ0v) is 20.7. The van der Waals surface area contributed by atoms with Crippen molar-refractivity contribution in [1.82, 2.24) is 4.98 Å². The van der Waals surface area contributed by atoms with Gasteiger partial charge in [-0.15, -0.1) is 0 Å². The van der Waals surface area contributed by atoms with Gasteiger partial charge in [0.05, 0.1) is 5.92 Å². The van der Waals surface area contributed by atoms with Gasteiger partial charge in [-0.3, -0.25) is 14.6 Å². The van der Waals surface area contributed by atoms with E-state index in [1.165, 1.54) is 0 Å². The first kappa shape index (κ1) is 23.7. The summed E-state index contributed by atoms with van der Waals surface area (Å²) in [5.74, 6) is 0.522. The Labute approximate surface area is 211 Å². The number of pyridine rings is 1. The van der Waals surface area contributed by atoms with Crippen LogP contribution in [0.1, 0.15) is 45.1 Å². The second-order valence-corrected chi connectivity index (χ2v) is 10.2. The Morgan fingerprint density at radius 2 is 1.72 bits per heavy atom. The van der Waals surface area contributed by atoms with Crippen molar-refractivity contribution in [2.45, 2.75) is 39.5 Å². The Morgan fingerprint density at radius 3 is 2.47 bits per heavy atom. The van der Waals surface area contributed by atoms with Crippen molar-refractivity contribution in [2.24, 2.45) is 16.3 Å². The molecule has 0 saturated heterocycles. The Hall–Kier alpha value is -4.06. The number of Topliss-reactive ketones (excluding diaryl/α,β-unsaturated/α-hetero) is 1. The summed E-state index contributed by atoms with van der Waals surface area (Å²) in [4.78, 5) is 36.2. The molecule has 1 unspecified atom stereocenters. The Morgan fingerprint density at radius 1 is 0.972 bits per heavy atom. The number of anilines is 1. The fourth-order valence-corrected chi connectivity index (χ4v) is 5.18. The van der Waals surface area contributed by atoms with E-state index in [1.807, 2.05) is 67.6 Å². The van der Waals surface area contributed by atoms with Crippen LogP contribution < -0.4 is 10.1 Å². The number of para-hydroxylation sites is 1. The molecule has 1 N–H and O–H groups in total. The average Bonchev–Trinajstić information content (AvgIpc) is 2.83. The maximum Gasteiger partial charge on any atom is 0.235 e. The van der Waals surface area contributed by atoms with Crippen molar-refractivity contribution < 1.29 is 14.3 Å². The standard InChI is InChI=1S/C30H29N3O3/c1-19-26(29(35)33-25-14-7-8-15-31-25)27(28-23(32-19)17-30(2,3)18-24(28)34)20-10-9-13-22(16-20)36-21-11-5-4-6-12-21/h4-16,26-27H,17-18H2,1-3H3,(H,31,33,35)/t26?,27-/m0/s1. The molecule has 1 aliphatic heterocycles. The number of ether oxygens (including phenoxy) is 1. The predicted octanol–water partition coefficient (Wildman–Crippen LogP) is 6.33. The lowest BCUT2D eigenvalue weighted by molar-refractivity contribution is -0.119. The maximum atomic E-state index is 13.6. The van der Waals surface area contributed by atoms with Gasteiger partial charge in [0.15, 0.2) is 5.78 Å². The second-order valence-electron chi connectivity index (χ2n) is 10.2. The van der Waals surface area contributed by atoms with E-state index in [2.05, 4.69) is 24.1 Å². The molecule has 0 fully saturated rings. The van der Waals surface area contributed by atoms with E-state index in [9.17, 15) is 9.59 Å². The van der Waals surface area contributed by atoms with Crippen molar-refractivity contribution >= 4 is 23.2 Å². The van der Waals surface area contributed by atoms with Crippen LogP contribution in [0, 0.1) is 11.3 Å². The van der Waals surface area contributed by atoms with Gasteiger partial charge in [0.25, 0.3) is 0 Å². The number of aromatic nitrogens is 1. The molecule has 0 radical (unpaired) electrons. The Kier molecular flexibility index (Phi) is 6.27. The fraction of sp³-hybridized carbons (Fsp3) is 0.267. The number of carbonyl (C=O) groups is 2. The molecule has 0 spiro atoms. The fourth-order valence-electron chi connectivity index (χ4n) is 5.18. The van der Waals surface area contributed by atoms with Crippen LogP contribution in [-0.4, -0.2) is 22.4 Å². The maximum absolute atomic E-state index is 13.6. The van der Waals surface area contributed by atoms with E-state index < -0.39 is 11.8 Å².